The lowest BCUT2D eigenvalue weighted by Crippen LogP contribution is -2.51. The predicted molar refractivity (Wildman–Crippen MR) is 115 cm³/mol. The van der Waals surface area contributed by atoms with E-state index in [9.17, 15) is 13.2 Å². The zero-order valence-corrected chi connectivity index (χ0v) is 19.1. The van der Waals surface area contributed by atoms with Crippen LogP contribution in [0, 0.1) is 5.92 Å². The van der Waals surface area contributed by atoms with Gasteiger partial charge in [0.2, 0.25) is 5.91 Å². The molecule has 2 aliphatic rings. The smallest absolute Gasteiger partial charge is 0.252 e. The molecular weight excluding hydrogens is 476 g/mol. The topological polar surface area (TPSA) is 66.9 Å². The molecule has 9 heteroatoms. The number of halogens is 1. The molecule has 0 N–H and O–H groups in total. The summed E-state index contributed by atoms with van der Waals surface area (Å²) in [5.41, 5.74) is 1.07. The molecule has 0 saturated carbocycles. The van der Waals surface area contributed by atoms with Crippen LogP contribution in [0.1, 0.15) is 17.9 Å². The number of carbonyl (C=O) groups is 1. The first kappa shape index (κ1) is 21.0. The molecule has 2 fully saturated rings. The van der Waals surface area contributed by atoms with Gasteiger partial charge in [-0.1, -0.05) is 30.3 Å². The van der Waals surface area contributed by atoms with E-state index in [-0.39, 0.29) is 24.3 Å². The summed E-state index contributed by atoms with van der Waals surface area (Å²) in [6.45, 7) is 2.80. The summed E-state index contributed by atoms with van der Waals surface area (Å²) in [5, 5.41) is 0. The lowest BCUT2D eigenvalue weighted by atomic mass is 9.85. The molecule has 2 atom stereocenters. The molecule has 4 rings (SSSR count). The number of piperidine rings is 1. The number of nitrogens with zero attached hydrogens (tertiary/aromatic N) is 2. The van der Waals surface area contributed by atoms with Crippen LogP contribution in [-0.2, 0) is 19.6 Å². The number of ether oxygens (including phenoxy) is 1. The third-order valence-corrected chi connectivity index (χ3v) is 9.43. The van der Waals surface area contributed by atoms with Crippen molar-refractivity contribution in [3.8, 4) is 0 Å². The predicted octanol–water partition coefficient (Wildman–Crippen LogP) is 3.16. The summed E-state index contributed by atoms with van der Waals surface area (Å²) in [4.78, 5) is 15.0. The van der Waals surface area contributed by atoms with Crippen molar-refractivity contribution in [3.63, 3.8) is 0 Å². The molecule has 6 nitrogen and oxygen atoms in total. The first-order valence-corrected chi connectivity index (χ1v) is 12.7. The molecule has 2 saturated heterocycles. The van der Waals surface area contributed by atoms with Crippen LogP contribution in [-0.4, -0.2) is 62.9 Å². The summed E-state index contributed by atoms with van der Waals surface area (Å²) in [7, 11) is -3.65. The van der Waals surface area contributed by atoms with E-state index < -0.39 is 10.0 Å². The summed E-state index contributed by atoms with van der Waals surface area (Å²) in [6, 6.07) is 13.2. The van der Waals surface area contributed by atoms with E-state index in [1.807, 2.05) is 35.2 Å². The monoisotopic (exact) mass is 498 g/mol. The first-order chi connectivity index (χ1) is 13.9. The summed E-state index contributed by atoms with van der Waals surface area (Å²) < 4.78 is 34.5. The van der Waals surface area contributed by atoms with Crippen molar-refractivity contribution >= 4 is 43.2 Å². The van der Waals surface area contributed by atoms with E-state index in [1.54, 1.807) is 12.1 Å². The molecular formula is C20H23BrN2O4S2. The SMILES string of the molecule is O=C(C1CC(c2ccccc2)CN(S(=O)(=O)c2ccc(Br)s2)C1)N1CCOCC1. The van der Waals surface area contributed by atoms with Crippen molar-refractivity contribution in [1.29, 1.82) is 0 Å². The van der Waals surface area contributed by atoms with Crippen molar-refractivity contribution in [2.75, 3.05) is 39.4 Å². The van der Waals surface area contributed by atoms with E-state index >= 15 is 0 Å². The lowest BCUT2D eigenvalue weighted by molar-refractivity contribution is -0.141. The average molecular weight is 499 g/mol. The van der Waals surface area contributed by atoms with Gasteiger partial charge in [0.05, 0.1) is 22.9 Å². The van der Waals surface area contributed by atoms with Gasteiger partial charge in [-0.15, -0.1) is 11.3 Å². The molecule has 156 valence electrons. The number of thiophene rings is 1. The van der Waals surface area contributed by atoms with Gasteiger partial charge >= 0.3 is 0 Å². The Hall–Kier alpha value is -1.26. The number of morpholine rings is 1. The van der Waals surface area contributed by atoms with Gasteiger partial charge in [-0.2, -0.15) is 4.31 Å². The van der Waals surface area contributed by atoms with Crippen LogP contribution in [0.5, 0.6) is 0 Å². The maximum absolute atomic E-state index is 13.3. The normalized spacial score (nSPS) is 23.8. The van der Waals surface area contributed by atoms with Crippen LogP contribution in [0.25, 0.3) is 0 Å². The Morgan fingerprint density at radius 3 is 2.45 bits per heavy atom. The Balaban J connectivity index is 1.63. The molecule has 2 aliphatic heterocycles. The number of rotatable bonds is 4. The zero-order chi connectivity index (χ0) is 20.4. The standard InChI is InChI=1S/C20H23BrN2O4S2/c21-18-6-7-19(28-18)29(25,26)23-13-16(15-4-2-1-3-5-15)12-17(14-23)20(24)22-8-10-27-11-9-22/h1-7,16-17H,8-14H2. The van der Waals surface area contributed by atoms with Gasteiger partial charge in [-0.05, 0) is 46.0 Å². The van der Waals surface area contributed by atoms with Crippen LogP contribution in [0.15, 0.2) is 50.5 Å². The number of hydrogen-bond acceptors (Lipinski definition) is 5. The minimum atomic E-state index is -3.65. The third kappa shape index (κ3) is 4.59. The summed E-state index contributed by atoms with van der Waals surface area (Å²) >= 11 is 4.55. The first-order valence-electron chi connectivity index (χ1n) is 9.62. The van der Waals surface area contributed by atoms with Gasteiger partial charge in [-0.25, -0.2) is 8.42 Å². The van der Waals surface area contributed by atoms with Crippen LogP contribution in [0.2, 0.25) is 0 Å². The number of sulfonamides is 1. The molecule has 0 bridgehead atoms. The van der Waals surface area contributed by atoms with Crippen LogP contribution in [0.3, 0.4) is 0 Å². The fourth-order valence-corrected chi connectivity index (χ4v) is 7.70. The molecule has 2 unspecified atom stereocenters. The summed E-state index contributed by atoms with van der Waals surface area (Å²) in [5.74, 6) is -0.343. The maximum atomic E-state index is 13.3. The molecule has 0 aliphatic carbocycles. The van der Waals surface area contributed by atoms with Crippen LogP contribution < -0.4 is 0 Å². The second-order valence-electron chi connectivity index (χ2n) is 7.36. The summed E-state index contributed by atoms with van der Waals surface area (Å²) in [6.07, 6.45) is 0.653. The highest BCUT2D eigenvalue weighted by Crippen LogP contribution is 2.36. The van der Waals surface area contributed by atoms with Crippen LogP contribution >= 0.6 is 27.3 Å². The second kappa shape index (κ2) is 8.85. The van der Waals surface area contributed by atoms with Gasteiger partial charge in [0.25, 0.3) is 10.0 Å². The molecule has 1 amide bonds. The minimum Gasteiger partial charge on any atom is -0.378 e. The lowest BCUT2D eigenvalue weighted by Gasteiger charge is -2.39. The molecule has 1 aromatic heterocycles. The van der Waals surface area contributed by atoms with Crippen molar-refractivity contribution in [2.45, 2.75) is 16.5 Å². The largest absolute Gasteiger partial charge is 0.378 e. The van der Waals surface area contributed by atoms with Crippen molar-refractivity contribution < 1.29 is 17.9 Å². The molecule has 29 heavy (non-hydrogen) atoms. The Kier molecular flexibility index (Phi) is 6.41. The molecule has 3 heterocycles. The van der Waals surface area contributed by atoms with E-state index in [0.29, 0.717) is 43.5 Å². The maximum Gasteiger partial charge on any atom is 0.252 e. The van der Waals surface area contributed by atoms with Crippen LogP contribution in [0.4, 0.5) is 0 Å². The molecule has 0 spiro atoms. The Morgan fingerprint density at radius 1 is 1.07 bits per heavy atom. The minimum absolute atomic E-state index is 0.0156. The molecule has 1 aromatic carbocycles. The van der Waals surface area contributed by atoms with Crippen molar-refractivity contribution in [3.05, 3.63) is 51.8 Å². The Morgan fingerprint density at radius 2 is 1.79 bits per heavy atom. The molecule has 0 radical (unpaired) electrons. The zero-order valence-electron chi connectivity index (χ0n) is 15.9. The Labute approximate surface area is 183 Å². The number of hydrogen-bond donors (Lipinski definition) is 0. The fourth-order valence-electron chi connectivity index (χ4n) is 4.01. The number of amides is 1. The van der Waals surface area contributed by atoms with E-state index in [0.717, 1.165) is 9.35 Å². The van der Waals surface area contributed by atoms with E-state index in [2.05, 4.69) is 15.9 Å². The number of carbonyl (C=O) groups excluding carboxylic acids is 1. The van der Waals surface area contributed by atoms with Crippen molar-refractivity contribution in [1.82, 2.24) is 9.21 Å². The highest BCUT2D eigenvalue weighted by Gasteiger charge is 2.40. The van der Waals surface area contributed by atoms with Gasteiger partial charge in [-0.3, -0.25) is 4.79 Å². The average Bonchev–Trinajstić information content (AvgIpc) is 3.21. The highest BCUT2D eigenvalue weighted by molar-refractivity contribution is 9.11. The van der Waals surface area contributed by atoms with Gasteiger partial charge < -0.3 is 9.64 Å². The van der Waals surface area contributed by atoms with Gasteiger partial charge in [0, 0.05) is 26.2 Å². The fraction of sp³-hybridized carbons (Fsp3) is 0.450. The third-order valence-electron chi connectivity index (χ3n) is 5.50. The Bertz CT molecular complexity index is 958. The van der Waals surface area contributed by atoms with Gasteiger partial charge in [0.15, 0.2) is 0 Å². The van der Waals surface area contributed by atoms with E-state index in [1.165, 1.54) is 15.6 Å². The number of benzene rings is 1. The van der Waals surface area contributed by atoms with Gasteiger partial charge in [0.1, 0.15) is 4.21 Å². The van der Waals surface area contributed by atoms with Crippen molar-refractivity contribution in [2.24, 2.45) is 5.92 Å². The second-order valence-corrected chi connectivity index (χ2v) is 12.0. The highest BCUT2D eigenvalue weighted by atomic mass is 79.9. The van der Waals surface area contributed by atoms with E-state index in [4.69, 9.17) is 4.74 Å². The molecule has 2 aromatic rings. The quantitative estimate of drug-likeness (QED) is 0.649.